The number of halogens is 1. The van der Waals surface area contributed by atoms with E-state index in [4.69, 9.17) is 0 Å². The first-order valence-corrected chi connectivity index (χ1v) is 4.01. The molecular weight excluding hydrogens is 170 g/mol. The second-order valence-corrected chi connectivity index (χ2v) is 2.98. The Labute approximate surface area is 76.0 Å². The SMILES string of the molecule is CC(C)NC(=O)c1cnccc1[18F]. The lowest BCUT2D eigenvalue weighted by atomic mass is 10.2. The number of hydrogen-bond acceptors (Lipinski definition) is 2. The van der Waals surface area contributed by atoms with Gasteiger partial charge in [-0.05, 0) is 19.9 Å². The Morgan fingerprint density at radius 3 is 2.85 bits per heavy atom. The van der Waals surface area contributed by atoms with Crippen LogP contribution < -0.4 is 5.32 Å². The maximum atomic E-state index is 13.0. The molecule has 0 fully saturated rings. The van der Waals surface area contributed by atoms with E-state index in [2.05, 4.69) is 10.3 Å². The number of amides is 1. The van der Waals surface area contributed by atoms with Crippen LogP contribution in [0.1, 0.15) is 24.2 Å². The molecule has 4 heteroatoms. The van der Waals surface area contributed by atoms with Crippen LogP contribution in [0.3, 0.4) is 0 Å². The molecule has 1 heterocycles. The van der Waals surface area contributed by atoms with Crippen LogP contribution in [0.15, 0.2) is 18.5 Å². The molecule has 1 rings (SSSR count). The fourth-order valence-electron chi connectivity index (χ4n) is 0.885. The fourth-order valence-corrected chi connectivity index (χ4v) is 0.885. The molecule has 1 amide bonds. The zero-order valence-electron chi connectivity index (χ0n) is 7.54. The zero-order chi connectivity index (χ0) is 9.84. The Morgan fingerprint density at radius 1 is 1.62 bits per heavy atom. The van der Waals surface area contributed by atoms with E-state index < -0.39 is 11.7 Å². The molecule has 1 aromatic heterocycles. The van der Waals surface area contributed by atoms with Crippen molar-refractivity contribution in [3.8, 4) is 0 Å². The third-order valence-corrected chi connectivity index (χ3v) is 1.43. The first-order valence-electron chi connectivity index (χ1n) is 4.01. The number of rotatable bonds is 2. The van der Waals surface area contributed by atoms with Gasteiger partial charge >= 0.3 is 0 Å². The fraction of sp³-hybridized carbons (Fsp3) is 0.333. The van der Waals surface area contributed by atoms with Gasteiger partial charge in [0.2, 0.25) is 0 Å². The highest BCUT2D eigenvalue weighted by Crippen LogP contribution is 2.03. The minimum atomic E-state index is -0.548. The molecule has 0 bridgehead atoms. The van der Waals surface area contributed by atoms with Crippen LogP contribution in [-0.2, 0) is 0 Å². The van der Waals surface area contributed by atoms with Crippen LogP contribution in [0.4, 0.5) is 4.39 Å². The van der Waals surface area contributed by atoms with Gasteiger partial charge in [0, 0.05) is 18.4 Å². The van der Waals surface area contributed by atoms with Crippen molar-refractivity contribution < 1.29 is 9.18 Å². The summed E-state index contributed by atoms with van der Waals surface area (Å²) in [6, 6.07) is 1.15. The molecule has 13 heavy (non-hydrogen) atoms. The number of aromatic nitrogens is 1. The van der Waals surface area contributed by atoms with Crippen LogP contribution in [0.2, 0.25) is 0 Å². The number of nitrogens with one attached hydrogen (secondary N) is 1. The quantitative estimate of drug-likeness (QED) is 0.748. The maximum absolute atomic E-state index is 13.0. The molecule has 0 radical (unpaired) electrons. The molecule has 0 saturated heterocycles. The summed E-state index contributed by atoms with van der Waals surface area (Å²) in [7, 11) is 0. The highest BCUT2D eigenvalue weighted by atomic mass is 18.2. The highest BCUT2D eigenvalue weighted by molar-refractivity contribution is 5.94. The topological polar surface area (TPSA) is 42.0 Å². The van der Waals surface area contributed by atoms with Crippen molar-refractivity contribution in [3.63, 3.8) is 0 Å². The summed E-state index contributed by atoms with van der Waals surface area (Å²) < 4.78 is 13.0. The van der Waals surface area contributed by atoms with E-state index in [1.807, 2.05) is 13.8 Å². The van der Waals surface area contributed by atoms with Crippen molar-refractivity contribution in [1.82, 2.24) is 10.3 Å². The molecule has 1 N–H and O–H groups in total. The summed E-state index contributed by atoms with van der Waals surface area (Å²) in [6.07, 6.45) is 2.52. The van der Waals surface area contributed by atoms with Gasteiger partial charge in [0.1, 0.15) is 5.82 Å². The summed E-state index contributed by atoms with van der Waals surface area (Å²) in [5, 5.41) is 2.58. The lowest BCUT2D eigenvalue weighted by Crippen LogP contribution is -2.30. The van der Waals surface area contributed by atoms with E-state index in [1.165, 1.54) is 12.4 Å². The van der Waals surface area contributed by atoms with Gasteiger partial charge in [-0.2, -0.15) is 0 Å². The Kier molecular flexibility index (Phi) is 2.95. The minimum absolute atomic E-state index is 0.00731. The summed E-state index contributed by atoms with van der Waals surface area (Å²) in [5.41, 5.74) is -0.0174. The Hall–Kier alpha value is -1.45. The average Bonchev–Trinajstić information content (AvgIpc) is 2.03. The van der Waals surface area contributed by atoms with Gasteiger partial charge in [0.05, 0.1) is 5.56 Å². The lowest BCUT2D eigenvalue weighted by Gasteiger charge is -2.07. The molecular formula is C9H11FN2O. The van der Waals surface area contributed by atoms with Crippen LogP contribution >= 0.6 is 0 Å². The predicted molar refractivity (Wildman–Crippen MR) is 46.8 cm³/mol. The molecule has 0 saturated carbocycles. The van der Waals surface area contributed by atoms with Crippen molar-refractivity contribution in [3.05, 3.63) is 29.8 Å². The summed E-state index contributed by atoms with van der Waals surface area (Å²) in [4.78, 5) is 15.0. The summed E-state index contributed by atoms with van der Waals surface area (Å²) >= 11 is 0. The van der Waals surface area contributed by atoms with Gasteiger partial charge in [-0.25, -0.2) is 4.39 Å². The number of carbonyl (C=O) groups is 1. The second-order valence-electron chi connectivity index (χ2n) is 2.98. The molecule has 0 unspecified atom stereocenters. The van der Waals surface area contributed by atoms with Gasteiger partial charge in [-0.15, -0.1) is 0 Å². The normalized spacial score (nSPS) is 10.2. The zero-order valence-corrected chi connectivity index (χ0v) is 7.54. The van der Waals surface area contributed by atoms with E-state index in [0.29, 0.717) is 0 Å². The number of hydrogen-bond donors (Lipinski definition) is 1. The lowest BCUT2D eigenvalue weighted by molar-refractivity contribution is 0.0938. The highest BCUT2D eigenvalue weighted by Gasteiger charge is 2.11. The molecule has 0 aliphatic carbocycles. The van der Waals surface area contributed by atoms with Gasteiger partial charge < -0.3 is 5.32 Å². The molecule has 0 aliphatic heterocycles. The van der Waals surface area contributed by atoms with Gasteiger partial charge in [-0.1, -0.05) is 0 Å². The monoisotopic (exact) mass is 181 g/mol. The molecule has 3 nitrogen and oxygen atoms in total. The molecule has 1 aromatic rings. The first-order chi connectivity index (χ1) is 6.11. The largest absolute Gasteiger partial charge is 0.350 e. The van der Waals surface area contributed by atoms with Crippen molar-refractivity contribution in [2.75, 3.05) is 0 Å². The Bertz CT molecular complexity index is 312. The van der Waals surface area contributed by atoms with Gasteiger partial charge in [-0.3, -0.25) is 9.78 Å². The van der Waals surface area contributed by atoms with Crippen LogP contribution in [0, 0.1) is 5.82 Å². The average molecular weight is 181 g/mol. The Morgan fingerprint density at radius 2 is 2.31 bits per heavy atom. The first kappa shape index (κ1) is 9.64. The summed E-state index contributed by atoms with van der Waals surface area (Å²) in [5.74, 6) is -0.978. The molecule has 0 atom stereocenters. The van der Waals surface area contributed by atoms with Gasteiger partial charge in [0.25, 0.3) is 5.91 Å². The summed E-state index contributed by atoms with van der Waals surface area (Å²) in [6.45, 7) is 3.62. The molecule has 0 aliphatic rings. The Balaban J connectivity index is 2.83. The van der Waals surface area contributed by atoms with Crippen LogP contribution in [-0.4, -0.2) is 16.9 Å². The van der Waals surface area contributed by atoms with E-state index in [0.717, 1.165) is 6.07 Å². The predicted octanol–water partition coefficient (Wildman–Crippen LogP) is 1.36. The van der Waals surface area contributed by atoms with Crippen LogP contribution in [0.25, 0.3) is 0 Å². The van der Waals surface area contributed by atoms with E-state index in [-0.39, 0.29) is 11.6 Å². The number of pyridine rings is 1. The van der Waals surface area contributed by atoms with E-state index in [1.54, 1.807) is 0 Å². The minimum Gasteiger partial charge on any atom is -0.350 e. The second kappa shape index (κ2) is 3.98. The van der Waals surface area contributed by atoms with Crippen molar-refractivity contribution >= 4 is 5.91 Å². The third-order valence-electron chi connectivity index (χ3n) is 1.43. The molecule has 0 spiro atoms. The van der Waals surface area contributed by atoms with Crippen LogP contribution in [0.5, 0.6) is 0 Å². The number of nitrogens with zero attached hydrogens (tertiary/aromatic N) is 1. The maximum Gasteiger partial charge on any atom is 0.256 e. The van der Waals surface area contributed by atoms with Crippen molar-refractivity contribution in [2.24, 2.45) is 0 Å². The molecule has 70 valence electrons. The third kappa shape index (κ3) is 2.50. The van der Waals surface area contributed by atoms with E-state index in [9.17, 15) is 9.18 Å². The van der Waals surface area contributed by atoms with E-state index >= 15 is 0 Å². The smallest absolute Gasteiger partial charge is 0.256 e. The standard InChI is InChI=1S/C9H11FN2O/c1-6(2)12-9(13)7-5-11-4-3-8(7)10/h3-6H,1-2H3,(H,12,13)/i10-1. The number of carbonyl (C=O) groups excluding carboxylic acids is 1. The van der Waals surface area contributed by atoms with Crippen molar-refractivity contribution in [2.45, 2.75) is 19.9 Å². The van der Waals surface area contributed by atoms with Crippen molar-refractivity contribution in [1.29, 1.82) is 0 Å². The van der Waals surface area contributed by atoms with Gasteiger partial charge in [0.15, 0.2) is 0 Å². The molecule has 0 aromatic carbocycles.